The van der Waals surface area contributed by atoms with Crippen molar-refractivity contribution in [2.75, 3.05) is 12.0 Å². The normalized spacial score (nSPS) is 16.9. The summed E-state index contributed by atoms with van der Waals surface area (Å²) in [5.74, 6) is -1.34. The number of ether oxygens (including phenoxy) is 2. The van der Waals surface area contributed by atoms with Gasteiger partial charge in [0.1, 0.15) is 0 Å². The van der Waals surface area contributed by atoms with Gasteiger partial charge in [0.15, 0.2) is 16.6 Å². The van der Waals surface area contributed by atoms with E-state index in [1.807, 2.05) is 0 Å². The fraction of sp³-hybridized carbons (Fsp3) is 0.353. The lowest BCUT2D eigenvalue weighted by Gasteiger charge is -2.22. The molecule has 0 spiro atoms. The van der Waals surface area contributed by atoms with E-state index >= 15 is 0 Å². The summed E-state index contributed by atoms with van der Waals surface area (Å²) in [6.45, 7) is 1.70. The summed E-state index contributed by atoms with van der Waals surface area (Å²) in [6, 6.07) is 3.00. The van der Waals surface area contributed by atoms with Gasteiger partial charge in [-0.1, -0.05) is 0 Å². The molecule has 1 unspecified atom stereocenters. The fourth-order valence-corrected chi connectivity index (χ4v) is 3.65. The predicted molar refractivity (Wildman–Crippen MR) is 88.9 cm³/mol. The first kappa shape index (κ1) is 20.3. The summed E-state index contributed by atoms with van der Waals surface area (Å²) in [5.41, 5.74) is 0.786. The molecule has 1 aromatic carbocycles. The largest absolute Gasteiger partial charge is 0.499 e. The van der Waals surface area contributed by atoms with Crippen LogP contribution in [-0.4, -0.2) is 31.3 Å². The molecule has 11 heteroatoms. The lowest BCUT2D eigenvalue weighted by Crippen LogP contribution is -2.41. The zero-order chi connectivity index (χ0) is 20.9. The first-order valence-electron chi connectivity index (χ1n) is 7.86. The summed E-state index contributed by atoms with van der Waals surface area (Å²) in [7, 11) is 1.30. The van der Waals surface area contributed by atoms with Gasteiger partial charge in [-0.3, -0.25) is 4.79 Å². The Morgan fingerprint density at radius 3 is 2.50 bits per heavy atom. The van der Waals surface area contributed by atoms with Crippen LogP contribution in [0.15, 0.2) is 23.6 Å². The number of benzene rings is 1. The van der Waals surface area contributed by atoms with E-state index in [9.17, 15) is 31.1 Å². The number of fused-ring (bicyclic) bond motifs is 1. The smallest absolute Gasteiger partial charge is 0.494 e. The summed E-state index contributed by atoms with van der Waals surface area (Å²) in [4.78, 5) is 14.0. The molecule has 1 aliphatic heterocycles. The second kappa shape index (κ2) is 6.87. The van der Waals surface area contributed by atoms with Crippen molar-refractivity contribution in [3.8, 4) is 10.8 Å². The number of nitrogens with zero attached hydrogens (tertiary/aromatic N) is 1. The van der Waals surface area contributed by atoms with Crippen LogP contribution < -0.4 is 14.4 Å². The average molecular weight is 425 g/mol. The van der Waals surface area contributed by atoms with Gasteiger partial charge in [-0.05, 0) is 25.0 Å². The molecule has 0 saturated heterocycles. The van der Waals surface area contributed by atoms with E-state index in [0.29, 0.717) is 23.3 Å². The van der Waals surface area contributed by atoms with Gasteiger partial charge in [0, 0.05) is 23.6 Å². The molecule has 1 atom stereocenters. The van der Waals surface area contributed by atoms with Crippen LogP contribution in [-0.2, 0) is 6.42 Å². The number of thiophene rings is 1. The molecule has 152 valence electrons. The predicted octanol–water partition coefficient (Wildman–Crippen LogP) is 5.02. The molecule has 0 bridgehead atoms. The maximum absolute atomic E-state index is 14.0. The number of alkyl halides is 5. The Balaban J connectivity index is 1.87. The number of carbonyl (C=O) groups is 1. The highest BCUT2D eigenvalue weighted by molar-refractivity contribution is 7.12. The monoisotopic (exact) mass is 425 g/mol. The molecule has 0 aliphatic carbocycles. The topological polar surface area (TPSA) is 38.8 Å². The van der Waals surface area contributed by atoms with E-state index < -0.39 is 29.1 Å². The number of anilines is 1. The van der Waals surface area contributed by atoms with Crippen molar-refractivity contribution in [2.45, 2.75) is 31.7 Å². The van der Waals surface area contributed by atoms with Crippen molar-refractivity contribution in [3.05, 3.63) is 40.5 Å². The van der Waals surface area contributed by atoms with Crippen LogP contribution in [0.3, 0.4) is 0 Å². The number of hydrogen-bond donors (Lipinski definition) is 0. The molecule has 0 saturated carbocycles. The number of carbonyl (C=O) groups excluding carboxylic acids is 1. The molecular weight excluding hydrogens is 412 g/mol. The first-order chi connectivity index (χ1) is 12.9. The molecule has 2 heterocycles. The third-order valence-electron chi connectivity index (χ3n) is 4.17. The minimum absolute atomic E-state index is 0.0147. The molecular formula is C17H13F6NO3S. The summed E-state index contributed by atoms with van der Waals surface area (Å²) >= 11 is 0.428. The molecule has 3 rings (SSSR count). The van der Waals surface area contributed by atoms with Crippen molar-refractivity contribution >= 4 is 22.9 Å². The van der Waals surface area contributed by atoms with Crippen molar-refractivity contribution in [1.82, 2.24) is 0 Å². The van der Waals surface area contributed by atoms with Crippen molar-refractivity contribution in [2.24, 2.45) is 0 Å². The van der Waals surface area contributed by atoms with Gasteiger partial charge in [0.05, 0.1) is 18.4 Å². The molecule has 1 amide bonds. The third-order valence-corrected chi connectivity index (χ3v) is 4.97. The molecule has 1 aliphatic rings. The molecule has 0 N–H and O–H groups in total. The zero-order valence-corrected chi connectivity index (χ0v) is 15.3. The third kappa shape index (κ3) is 3.50. The lowest BCUT2D eigenvalue weighted by atomic mass is 10.1. The number of hydrogen-bond acceptors (Lipinski definition) is 4. The van der Waals surface area contributed by atoms with Crippen molar-refractivity contribution in [3.63, 3.8) is 0 Å². The van der Waals surface area contributed by atoms with E-state index in [1.54, 1.807) is 6.92 Å². The van der Waals surface area contributed by atoms with Gasteiger partial charge in [-0.2, -0.15) is 22.0 Å². The molecule has 2 aromatic rings. The minimum atomic E-state index is -5.89. The minimum Gasteiger partial charge on any atom is -0.494 e. The standard InChI is InChI=1S/C17H13F6NO3S/c1-8-3-9-4-13(26-2)11(18)6-12(9)24(8)15(25)10-5-14(28-7-10)27-17(22,23)16(19,20)21/h4-8H,3H2,1-2H3. The number of methoxy groups -OCH3 is 1. The van der Waals surface area contributed by atoms with Crippen LogP contribution >= 0.6 is 11.3 Å². The van der Waals surface area contributed by atoms with E-state index in [-0.39, 0.29) is 23.0 Å². The summed E-state index contributed by atoms with van der Waals surface area (Å²) in [5, 5.41) is 0.341. The van der Waals surface area contributed by atoms with E-state index in [1.165, 1.54) is 18.1 Å². The molecule has 0 fully saturated rings. The molecule has 4 nitrogen and oxygen atoms in total. The lowest BCUT2D eigenvalue weighted by molar-refractivity contribution is -0.359. The van der Waals surface area contributed by atoms with Crippen LogP contribution in [0, 0.1) is 5.82 Å². The van der Waals surface area contributed by atoms with Gasteiger partial charge in [-0.15, -0.1) is 11.3 Å². The fourth-order valence-electron chi connectivity index (χ4n) is 2.89. The van der Waals surface area contributed by atoms with Gasteiger partial charge in [0.2, 0.25) is 0 Å². The maximum atomic E-state index is 14.0. The first-order valence-corrected chi connectivity index (χ1v) is 8.74. The molecule has 0 radical (unpaired) electrons. The van der Waals surface area contributed by atoms with Crippen LogP contribution in [0.2, 0.25) is 0 Å². The number of halogens is 6. The van der Waals surface area contributed by atoms with E-state index in [2.05, 4.69) is 4.74 Å². The Morgan fingerprint density at radius 2 is 1.89 bits per heavy atom. The van der Waals surface area contributed by atoms with Crippen molar-refractivity contribution < 1.29 is 40.6 Å². The SMILES string of the molecule is COc1cc2c(cc1F)N(C(=O)c1csc(OC(F)(F)C(F)(F)F)c1)C(C)C2. The van der Waals surface area contributed by atoms with Crippen LogP contribution in [0.5, 0.6) is 10.8 Å². The Bertz CT molecular complexity index is 911. The van der Waals surface area contributed by atoms with Crippen molar-refractivity contribution in [1.29, 1.82) is 0 Å². The highest BCUT2D eigenvalue weighted by Crippen LogP contribution is 2.41. The highest BCUT2D eigenvalue weighted by atomic mass is 32.1. The maximum Gasteiger partial charge on any atom is 0.499 e. The number of rotatable bonds is 4. The molecule has 1 aromatic heterocycles. The van der Waals surface area contributed by atoms with Crippen LogP contribution in [0.25, 0.3) is 0 Å². The summed E-state index contributed by atoms with van der Waals surface area (Å²) < 4.78 is 85.5. The quantitative estimate of drug-likeness (QED) is 0.646. The second-order valence-electron chi connectivity index (χ2n) is 6.11. The van der Waals surface area contributed by atoms with Gasteiger partial charge >= 0.3 is 12.3 Å². The Kier molecular flexibility index (Phi) is 4.98. The average Bonchev–Trinajstić information content (AvgIpc) is 3.15. The second-order valence-corrected chi connectivity index (χ2v) is 6.99. The zero-order valence-electron chi connectivity index (χ0n) is 14.4. The Morgan fingerprint density at radius 1 is 1.21 bits per heavy atom. The molecule has 28 heavy (non-hydrogen) atoms. The van der Waals surface area contributed by atoms with Crippen LogP contribution in [0.4, 0.5) is 32.0 Å². The van der Waals surface area contributed by atoms with E-state index in [4.69, 9.17) is 4.74 Å². The van der Waals surface area contributed by atoms with E-state index in [0.717, 1.165) is 17.5 Å². The number of amides is 1. The highest BCUT2D eigenvalue weighted by Gasteiger charge is 2.61. The van der Waals surface area contributed by atoms with Gasteiger partial charge in [-0.25, -0.2) is 4.39 Å². The Hall–Kier alpha value is -2.43. The van der Waals surface area contributed by atoms with Crippen LogP contribution in [0.1, 0.15) is 22.8 Å². The summed E-state index contributed by atoms with van der Waals surface area (Å²) in [6.07, 6.45) is -10.9. The van der Waals surface area contributed by atoms with Gasteiger partial charge in [0.25, 0.3) is 5.91 Å². The van der Waals surface area contributed by atoms with Gasteiger partial charge < -0.3 is 14.4 Å². The Labute approximate surface area is 159 Å².